The smallest absolute Gasteiger partial charge is 0.0594 e. The first-order chi connectivity index (χ1) is 12.2. The molecule has 0 bridgehead atoms. The quantitative estimate of drug-likeness (QED) is 0.732. The highest BCUT2D eigenvalue weighted by molar-refractivity contribution is 5.68. The first-order valence-electron chi connectivity index (χ1n) is 9.64. The zero-order chi connectivity index (χ0) is 17.2. The van der Waals surface area contributed by atoms with Crippen LogP contribution < -0.4 is 5.32 Å². The Bertz CT molecular complexity index is 703. The average molecular weight is 332 g/mol. The second-order valence-electron chi connectivity index (χ2n) is 7.92. The van der Waals surface area contributed by atoms with E-state index >= 15 is 0 Å². The minimum absolute atomic E-state index is 0.279. The zero-order valence-electron chi connectivity index (χ0n) is 15.2. The summed E-state index contributed by atoms with van der Waals surface area (Å²) < 4.78 is 0. The van der Waals surface area contributed by atoms with Gasteiger partial charge in [0.25, 0.3) is 0 Å². The van der Waals surface area contributed by atoms with E-state index in [0.29, 0.717) is 23.8 Å². The minimum Gasteiger partial charge on any atom is -0.378 e. The van der Waals surface area contributed by atoms with E-state index in [9.17, 15) is 0 Å². The number of rotatable bonds is 6. The van der Waals surface area contributed by atoms with Crippen LogP contribution in [0, 0.1) is 23.7 Å². The SMILES string of the molecule is CC(C)C1N=CC(C(Nc2ccccc2)c2ccccc2)C1C1CC1. The third kappa shape index (κ3) is 3.49. The van der Waals surface area contributed by atoms with Gasteiger partial charge in [-0.3, -0.25) is 4.99 Å². The molecule has 2 aromatic carbocycles. The molecule has 2 aliphatic rings. The van der Waals surface area contributed by atoms with Crippen molar-refractivity contribution in [3.8, 4) is 0 Å². The number of hydrogen-bond acceptors (Lipinski definition) is 2. The first-order valence-corrected chi connectivity index (χ1v) is 9.64. The van der Waals surface area contributed by atoms with Crippen LogP contribution >= 0.6 is 0 Å². The van der Waals surface area contributed by atoms with Crippen LogP contribution in [0.25, 0.3) is 0 Å². The van der Waals surface area contributed by atoms with Crippen molar-refractivity contribution in [2.24, 2.45) is 28.7 Å². The number of para-hydroxylation sites is 1. The van der Waals surface area contributed by atoms with Crippen molar-refractivity contribution in [1.29, 1.82) is 0 Å². The Morgan fingerprint density at radius 1 is 0.920 bits per heavy atom. The third-order valence-electron chi connectivity index (χ3n) is 5.76. The molecule has 2 nitrogen and oxygen atoms in total. The summed E-state index contributed by atoms with van der Waals surface area (Å²) in [5.41, 5.74) is 2.55. The van der Waals surface area contributed by atoms with E-state index in [1.165, 1.54) is 24.1 Å². The van der Waals surface area contributed by atoms with E-state index in [1.807, 2.05) is 0 Å². The fourth-order valence-electron chi connectivity index (χ4n) is 4.40. The summed E-state index contributed by atoms with van der Waals surface area (Å²) in [5.74, 6) is 2.59. The predicted molar refractivity (Wildman–Crippen MR) is 106 cm³/mol. The van der Waals surface area contributed by atoms with Crippen LogP contribution in [-0.2, 0) is 0 Å². The number of hydrogen-bond donors (Lipinski definition) is 1. The van der Waals surface area contributed by atoms with Gasteiger partial charge in [0.1, 0.15) is 0 Å². The van der Waals surface area contributed by atoms with Crippen molar-refractivity contribution in [2.75, 3.05) is 5.32 Å². The second kappa shape index (κ2) is 7.03. The highest BCUT2D eigenvalue weighted by Crippen LogP contribution is 2.50. The molecule has 1 heterocycles. The van der Waals surface area contributed by atoms with Crippen LogP contribution in [0.2, 0.25) is 0 Å². The van der Waals surface area contributed by atoms with E-state index in [2.05, 4.69) is 86.0 Å². The second-order valence-corrected chi connectivity index (χ2v) is 7.92. The van der Waals surface area contributed by atoms with E-state index < -0.39 is 0 Å². The lowest BCUT2D eigenvalue weighted by Gasteiger charge is -2.33. The highest BCUT2D eigenvalue weighted by Gasteiger charge is 2.47. The van der Waals surface area contributed by atoms with Crippen LogP contribution in [0.1, 0.15) is 38.3 Å². The van der Waals surface area contributed by atoms with Gasteiger partial charge in [-0.25, -0.2) is 0 Å². The lowest BCUT2D eigenvalue weighted by molar-refractivity contribution is 0.268. The van der Waals surface area contributed by atoms with Crippen molar-refractivity contribution >= 4 is 11.9 Å². The maximum absolute atomic E-state index is 4.98. The Labute approximate surface area is 151 Å². The topological polar surface area (TPSA) is 24.4 Å². The third-order valence-corrected chi connectivity index (χ3v) is 5.76. The van der Waals surface area contributed by atoms with Crippen LogP contribution in [0.3, 0.4) is 0 Å². The Balaban J connectivity index is 1.67. The van der Waals surface area contributed by atoms with Gasteiger partial charge in [0.15, 0.2) is 0 Å². The monoisotopic (exact) mass is 332 g/mol. The molecule has 25 heavy (non-hydrogen) atoms. The molecular formula is C23H28N2. The molecule has 1 saturated carbocycles. The van der Waals surface area contributed by atoms with Gasteiger partial charge in [-0.15, -0.1) is 0 Å². The van der Waals surface area contributed by atoms with E-state index in [-0.39, 0.29) is 6.04 Å². The highest BCUT2D eigenvalue weighted by atomic mass is 15.0. The molecule has 4 rings (SSSR count). The number of benzene rings is 2. The minimum atomic E-state index is 0.279. The van der Waals surface area contributed by atoms with Gasteiger partial charge in [-0.05, 0) is 48.3 Å². The predicted octanol–water partition coefficient (Wildman–Crippen LogP) is 5.59. The molecular weight excluding hydrogens is 304 g/mol. The summed E-state index contributed by atoms with van der Waals surface area (Å²) in [7, 11) is 0. The van der Waals surface area contributed by atoms with E-state index in [4.69, 9.17) is 4.99 Å². The Kier molecular flexibility index (Phi) is 4.61. The fraction of sp³-hybridized carbons (Fsp3) is 0.435. The number of anilines is 1. The van der Waals surface area contributed by atoms with Gasteiger partial charge < -0.3 is 5.32 Å². The molecule has 0 spiro atoms. The molecule has 4 unspecified atom stereocenters. The molecule has 0 radical (unpaired) electrons. The van der Waals surface area contributed by atoms with Gasteiger partial charge in [0.2, 0.25) is 0 Å². The lowest BCUT2D eigenvalue weighted by Crippen LogP contribution is -2.33. The largest absolute Gasteiger partial charge is 0.378 e. The summed E-state index contributed by atoms with van der Waals surface area (Å²) in [5, 5.41) is 3.82. The summed E-state index contributed by atoms with van der Waals surface area (Å²) in [4.78, 5) is 4.98. The van der Waals surface area contributed by atoms with E-state index in [0.717, 1.165) is 5.92 Å². The van der Waals surface area contributed by atoms with Crippen LogP contribution in [-0.4, -0.2) is 12.3 Å². The van der Waals surface area contributed by atoms with Gasteiger partial charge in [0, 0.05) is 17.8 Å². The normalized spacial score (nSPS) is 26.8. The van der Waals surface area contributed by atoms with Gasteiger partial charge >= 0.3 is 0 Å². The molecule has 0 aromatic heterocycles. The molecule has 1 aliphatic heterocycles. The number of nitrogens with zero attached hydrogens (tertiary/aromatic N) is 1. The zero-order valence-corrected chi connectivity index (χ0v) is 15.2. The summed E-state index contributed by atoms with van der Waals surface area (Å²) in [6.07, 6.45) is 5.02. The molecule has 2 aromatic rings. The van der Waals surface area contributed by atoms with Crippen molar-refractivity contribution in [3.05, 3.63) is 66.2 Å². The summed E-state index contributed by atoms with van der Waals surface area (Å²) >= 11 is 0. The average Bonchev–Trinajstić information content (AvgIpc) is 3.39. The molecule has 2 heteroatoms. The molecule has 4 atom stereocenters. The van der Waals surface area contributed by atoms with Crippen LogP contribution in [0.15, 0.2) is 65.7 Å². The van der Waals surface area contributed by atoms with Crippen LogP contribution in [0.5, 0.6) is 0 Å². The molecule has 1 N–H and O–H groups in total. The van der Waals surface area contributed by atoms with Gasteiger partial charge in [0.05, 0.1) is 12.1 Å². The maximum Gasteiger partial charge on any atom is 0.0594 e. The molecule has 130 valence electrons. The maximum atomic E-state index is 4.98. The van der Waals surface area contributed by atoms with Crippen molar-refractivity contribution in [1.82, 2.24) is 0 Å². The van der Waals surface area contributed by atoms with Crippen LogP contribution in [0.4, 0.5) is 5.69 Å². The Hall–Kier alpha value is -2.09. The van der Waals surface area contributed by atoms with Crippen molar-refractivity contribution in [2.45, 2.75) is 38.8 Å². The molecule has 1 fully saturated rings. The fourth-order valence-corrected chi connectivity index (χ4v) is 4.40. The first kappa shape index (κ1) is 16.4. The summed E-state index contributed by atoms with van der Waals surface area (Å²) in [6.45, 7) is 4.64. The van der Waals surface area contributed by atoms with Crippen molar-refractivity contribution in [3.63, 3.8) is 0 Å². The molecule has 0 saturated heterocycles. The summed E-state index contributed by atoms with van der Waals surface area (Å²) in [6, 6.07) is 22.2. The Morgan fingerprint density at radius 2 is 1.56 bits per heavy atom. The number of nitrogens with one attached hydrogen (secondary N) is 1. The molecule has 0 amide bonds. The lowest BCUT2D eigenvalue weighted by atomic mass is 9.76. The van der Waals surface area contributed by atoms with Gasteiger partial charge in [-0.2, -0.15) is 0 Å². The van der Waals surface area contributed by atoms with Crippen molar-refractivity contribution < 1.29 is 0 Å². The van der Waals surface area contributed by atoms with Gasteiger partial charge in [-0.1, -0.05) is 62.4 Å². The standard InChI is InChI=1S/C23H28N2/c1-16(2)22-21(17-13-14-17)20(15-24-22)23(18-9-5-3-6-10-18)25-19-11-7-4-8-12-19/h3-12,15-17,20-23,25H,13-14H2,1-2H3. The van der Waals surface area contributed by atoms with E-state index in [1.54, 1.807) is 0 Å². The number of aliphatic imine (C=N–C) groups is 1. The molecule has 1 aliphatic carbocycles. The Morgan fingerprint density at radius 3 is 2.16 bits per heavy atom.